The molecule has 1 aromatic carbocycles. The second-order valence-electron chi connectivity index (χ2n) is 3.29. The minimum Gasteiger partial charge on any atom is -0.322 e. The number of halogens is 1. The van der Waals surface area contributed by atoms with Crippen LogP contribution in [-0.2, 0) is 4.79 Å². The highest BCUT2D eigenvalue weighted by Crippen LogP contribution is 2.18. The van der Waals surface area contributed by atoms with E-state index in [1.54, 1.807) is 19.1 Å². The summed E-state index contributed by atoms with van der Waals surface area (Å²) in [7, 11) is 0. The third-order valence-corrected chi connectivity index (χ3v) is 2.00. The van der Waals surface area contributed by atoms with Crippen molar-refractivity contribution in [1.82, 2.24) is 5.32 Å². The van der Waals surface area contributed by atoms with Crippen molar-refractivity contribution in [2.75, 3.05) is 18.4 Å². The Labute approximate surface area is 94.0 Å². The van der Waals surface area contributed by atoms with Crippen molar-refractivity contribution >= 4 is 11.6 Å². The first-order chi connectivity index (χ1) is 7.65. The number of carbonyl (C=O) groups is 1. The fourth-order valence-corrected chi connectivity index (χ4v) is 1.22. The molecule has 0 atom stereocenters. The molecule has 2 N–H and O–H groups in total. The predicted octanol–water partition coefficient (Wildman–Crippen LogP) is 1.30. The van der Waals surface area contributed by atoms with Gasteiger partial charge in [0.2, 0.25) is 5.91 Å². The van der Waals surface area contributed by atoms with Crippen molar-refractivity contribution in [2.45, 2.75) is 6.92 Å². The van der Waals surface area contributed by atoms with Gasteiger partial charge in [-0.1, -0.05) is 18.1 Å². The summed E-state index contributed by atoms with van der Waals surface area (Å²) in [6.07, 6.45) is 5.01. The molecule has 0 bridgehead atoms. The number of hydrogen-bond donors (Lipinski definition) is 2. The molecule has 4 heteroatoms. The zero-order valence-electron chi connectivity index (χ0n) is 9.01. The van der Waals surface area contributed by atoms with Gasteiger partial charge >= 0.3 is 0 Å². The van der Waals surface area contributed by atoms with Crippen LogP contribution in [0.15, 0.2) is 18.2 Å². The van der Waals surface area contributed by atoms with E-state index < -0.39 is 5.82 Å². The summed E-state index contributed by atoms with van der Waals surface area (Å²) >= 11 is 0. The Morgan fingerprint density at radius 2 is 2.31 bits per heavy atom. The van der Waals surface area contributed by atoms with Gasteiger partial charge in [0.1, 0.15) is 5.82 Å². The molecular weight excluding hydrogens is 207 g/mol. The predicted molar refractivity (Wildman–Crippen MR) is 61.5 cm³/mol. The normalized spacial score (nSPS) is 9.56. The summed E-state index contributed by atoms with van der Waals surface area (Å²) in [4.78, 5) is 11.4. The van der Waals surface area contributed by atoms with Crippen molar-refractivity contribution in [3.63, 3.8) is 0 Å². The lowest BCUT2D eigenvalue weighted by molar-refractivity contribution is -0.115. The van der Waals surface area contributed by atoms with Crippen LogP contribution in [0.1, 0.15) is 5.56 Å². The van der Waals surface area contributed by atoms with Crippen LogP contribution in [0.2, 0.25) is 0 Å². The maximum atomic E-state index is 13.3. The second-order valence-corrected chi connectivity index (χ2v) is 3.29. The molecule has 0 saturated heterocycles. The average molecular weight is 220 g/mol. The highest BCUT2D eigenvalue weighted by atomic mass is 19.1. The molecule has 0 unspecified atom stereocenters. The second kappa shape index (κ2) is 5.89. The Kier molecular flexibility index (Phi) is 4.49. The minimum absolute atomic E-state index is 0.0674. The highest BCUT2D eigenvalue weighted by molar-refractivity contribution is 5.93. The summed E-state index contributed by atoms with van der Waals surface area (Å²) in [5.74, 6) is 1.59. The molecule has 0 aliphatic rings. The summed E-state index contributed by atoms with van der Waals surface area (Å²) in [6, 6.07) is 4.63. The van der Waals surface area contributed by atoms with E-state index in [2.05, 4.69) is 16.6 Å². The van der Waals surface area contributed by atoms with Gasteiger partial charge in [-0.2, -0.15) is 0 Å². The lowest BCUT2D eigenvalue weighted by Gasteiger charge is -2.09. The largest absolute Gasteiger partial charge is 0.322 e. The molecule has 0 spiro atoms. The van der Waals surface area contributed by atoms with Gasteiger partial charge in [-0.3, -0.25) is 10.1 Å². The van der Waals surface area contributed by atoms with E-state index >= 15 is 0 Å². The molecule has 1 aromatic rings. The summed E-state index contributed by atoms with van der Waals surface area (Å²) in [5.41, 5.74) is 0.903. The third-order valence-electron chi connectivity index (χ3n) is 2.00. The maximum absolute atomic E-state index is 13.3. The van der Waals surface area contributed by atoms with Gasteiger partial charge in [-0.25, -0.2) is 4.39 Å². The van der Waals surface area contributed by atoms with Crippen LogP contribution in [0.4, 0.5) is 10.1 Å². The number of rotatable bonds is 4. The van der Waals surface area contributed by atoms with Crippen LogP contribution in [0.25, 0.3) is 0 Å². The minimum atomic E-state index is -0.440. The quantitative estimate of drug-likeness (QED) is 0.593. The van der Waals surface area contributed by atoms with E-state index in [1.807, 2.05) is 0 Å². The van der Waals surface area contributed by atoms with Crippen LogP contribution < -0.4 is 10.6 Å². The smallest absolute Gasteiger partial charge is 0.238 e. The van der Waals surface area contributed by atoms with Crippen molar-refractivity contribution in [3.05, 3.63) is 29.6 Å². The van der Waals surface area contributed by atoms with Crippen LogP contribution in [0.5, 0.6) is 0 Å². The highest BCUT2D eigenvalue weighted by Gasteiger charge is 2.08. The summed E-state index contributed by atoms with van der Waals surface area (Å²) in [5, 5.41) is 5.22. The number of amides is 1. The van der Waals surface area contributed by atoms with E-state index in [1.165, 1.54) is 6.07 Å². The fourth-order valence-electron chi connectivity index (χ4n) is 1.22. The topological polar surface area (TPSA) is 41.1 Å². The number of aryl methyl sites for hydroxylation is 1. The molecule has 0 heterocycles. The van der Waals surface area contributed by atoms with Gasteiger partial charge in [0.05, 0.1) is 18.8 Å². The van der Waals surface area contributed by atoms with Crippen LogP contribution >= 0.6 is 0 Å². The Morgan fingerprint density at radius 3 is 2.94 bits per heavy atom. The van der Waals surface area contributed by atoms with Gasteiger partial charge in [0.15, 0.2) is 0 Å². The number of para-hydroxylation sites is 1. The van der Waals surface area contributed by atoms with Crippen LogP contribution in [0.3, 0.4) is 0 Å². The zero-order valence-corrected chi connectivity index (χ0v) is 9.01. The summed E-state index contributed by atoms with van der Waals surface area (Å²) in [6.45, 7) is 2.11. The first-order valence-electron chi connectivity index (χ1n) is 4.84. The van der Waals surface area contributed by atoms with E-state index in [4.69, 9.17) is 6.42 Å². The molecule has 1 amide bonds. The van der Waals surface area contributed by atoms with Crippen molar-refractivity contribution in [3.8, 4) is 12.3 Å². The zero-order chi connectivity index (χ0) is 12.0. The maximum Gasteiger partial charge on any atom is 0.238 e. The van der Waals surface area contributed by atoms with Crippen LogP contribution in [0, 0.1) is 25.1 Å². The Hall–Kier alpha value is -1.86. The Bertz CT molecular complexity index is 403. The molecule has 3 nitrogen and oxygen atoms in total. The monoisotopic (exact) mass is 220 g/mol. The fraction of sp³-hybridized carbons (Fsp3) is 0.250. The number of terminal acetylenes is 1. The van der Waals surface area contributed by atoms with Crippen LogP contribution in [-0.4, -0.2) is 19.0 Å². The molecule has 0 aliphatic carbocycles. The lowest BCUT2D eigenvalue weighted by atomic mass is 10.2. The van der Waals surface area contributed by atoms with Gasteiger partial charge in [0.25, 0.3) is 0 Å². The molecule has 0 saturated carbocycles. The molecule has 16 heavy (non-hydrogen) atoms. The molecule has 0 aromatic heterocycles. The number of nitrogens with one attached hydrogen (secondary N) is 2. The molecule has 0 fully saturated rings. The van der Waals surface area contributed by atoms with Gasteiger partial charge in [0, 0.05) is 0 Å². The first kappa shape index (κ1) is 12.2. The lowest BCUT2D eigenvalue weighted by Crippen LogP contribution is -2.28. The van der Waals surface area contributed by atoms with Gasteiger partial charge in [-0.15, -0.1) is 6.42 Å². The number of benzene rings is 1. The molecular formula is C12H13FN2O. The summed E-state index contributed by atoms with van der Waals surface area (Å²) < 4.78 is 13.3. The number of anilines is 1. The first-order valence-corrected chi connectivity index (χ1v) is 4.84. The number of hydrogen-bond acceptors (Lipinski definition) is 2. The van der Waals surface area contributed by atoms with E-state index in [0.29, 0.717) is 12.1 Å². The Balaban J connectivity index is 2.60. The van der Waals surface area contributed by atoms with Crippen molar-refractivity contribution in [2.24, 2.45) is 0 Å². The standard InChI is InChI=1S/C12H13FN2O/c1-3-7-14-8-11(16)15-12-9(2)5-4-6-10(12)13/h1,4-6,14H,7-8H2,2H3,(H,15,16). The third kappa shape index (κ3) is 3.37. The molecule has 0 radical (unpaired) electrons. The van der Waals surface area contributed by atoms with E-state index in [0.717, 1.165) is 0 Å². The molecule has 84 valence electrons. The van der Waals surface area contributed by atoms with Crippen molar-refractivity contribution < 1.29 is 9.18 Å². The van der Waals surface area contributed by atoms with Crippen molar-refractivity contribution in [1.29, 1.82) is 0 Å². The molecule has 0 aliphatic heterocycles. The van der Waals surface area contributed by atoms with E-state index in [-0.39, 0.29) is 18.1 Å². The molecule has 1 rings (SSSR count). The van der Waals surface area contributed by atoms with Gasteiger partial charge < -0.3 is 5.32 Å². The van der Waals surface area contributed by atoms with Gasteiger partial charge in [-0.05, 0) is 18.6 Å². The average Bonchev–Trinajstić information content (AvgIpc) is 2.24. The Morgan fingerprint density at radius 1 is 1.56 bits per heavy atom. The van der Waals surface area contributed by atoms with E-state index in [9.17, 15) is 9.18 Å². The SMILES string of the molecule is C#CCNCC(=O)Nc1c(C)cccc1F. The number of carbonyl (C=O) groups excluding carboxylic acids is 1.